The number of carboxylic acids is 1. The predicted molar refractivity (Wildman–Crippen MR) is 95.6 cm³/mol. The lowest BCUT2D eigenvalue weighted by Crippen LogP contribution is -2.06. The Labute approximate surface area is 146 Å². The molecule has 0 aliphatic carbocycles. The monoisotopic (exact) mass is 333 g/mol. The van der Waals surface area contributed by atoms with Crippen LogP contribution in [0.15, 0.2) is 42.5 Å². The van der Waals surface area contributed by atoms with Gasteiger partial charge in [0.05, 0.1) is 28.2 Å². The number of carbonyl (C=O) groups is 1. The van der Waals surface area contributed by atoms with Crippen LogP contribution in [-0.2, 0) is 13.0 Å². The molecule has 1 N–H and O–H groups in total. The number of nitrogens with zero attached hydrogens (tertiary/aromatic N) is 3. The Kier molecular flexibility index (Phi) is 4.80. The Morgan fingerprint density at radius 1 is 1.24 bits per heavy atom. The summed E-state index contributed by atoms with van der Waals surface area (Å²) in [5.74, 6) is 0.0203. The van der Waals surface area contributed by atoms with E-state index in [4.69, 9.17) is 10.2 Å². The van der Waals surface area contributed by atoms with E-state index in [0.29, 0.717) is 12.1 Å². The molecule has 0 amide bonds. The van der Waals surface area contributed by atoms with Crippen molar-refractivity contribution >= 4 is 17.0 Å². The largest absolute Gasteiger partial charge is 0.478 e. The van der Waals surface area contributed by atoms with Crippen LogP contribution in [0.3, 0.4) is 0 Å². The van der Waals surface area contributed by atoms with Gasteiger partial charge in [-0.25, -0.2) is 9.78 Å². The van der Waals surface area contributed by atoms with Crippen molar-refractivity contribution in [1.29, 1.82) is 5.26 Å². The number of nitriles is 1. The first kappa shape index (κ1) is 16.7. The van der Waals surface area contributed by atoms with Crippen LogP contribution < -0.4 is 0 Å². The highest BCUT2D eigenvalue weighted by atomic mass is 16.4. The molecule has 1 aromatic heterocycles. The molecule has 0 aliphatic rings. The summed E-state index contributed by atoms with van der Waals surface area (Å²) >= 11 is 0. The van der Waals surface area contributed by atoms with Crippen LogP contribution >= 0.6 is 0 Å². The van der Waals surface area contributed by atoms with E-state index in [1.165, 1.54) is 0 Å². The van der Waals surface area contributed by atoms with Gasteiger partial charge in [0.15, 0.2) is 0 Å². The number of benzene rings is 2. The molecule has 3 aromatic rings. The van der Waals surface area contributed by atoms with Gasteiger partial charge in [-0.05, 0) is 42.3 Å². The molecule has 0 radical (unpaired) electrons. The minimum Gasteiger partial charge on any atom is -0.478 e. The maximum absolute atomic E-state index is 11.3. The van der Waals surface area contributed by atoms with Crippen LogP contribution in [0.5, 0.6) is 0 Å². The molecule has 25 heavy (non-hydrogen) atoms. The molecule has 2 aromatic carbocycles. The Bertz CT molecular complexity index is 949. The molecule has 0 fully saturated rings. The third kappa shape index (κ3) is 3.53. The maximum atomic E-state index is 11.3. The van der Waals surface area contributed by atoms with E-state index >= 15 is 0 Å². The van der Waals surface area contributed by atoms with Crippen molar-refractivity contribution < 1.29 is 9.90 Å². The third-order valence-electron chi connectivity index (χ3n) is 4.25. The number of fused-ring (bicyclic) bond motifs is 1. The molecule has 5 nitrogen and oxygen atoms in total. The van der Waals surface area contributed by atoms with Gasteiger partial charge in [-0.2, -0.15) is 5.26 Å². The van der Waals surface area contributed by atoms with Crippen LogP contribution in [0, 0.1) is 11.3 Å². The molecule has 3 rings (SSSR count). The lowest BCUT2D eigenvalue weighted by Gasteiger charge is -2.10. The fraction of sp³-hybridized carbons (Fsp3) is 0.250. The van der Waals surface area contributed by atoms with Crippen LogP contribution in [-0.4, -0.2) is 20.6 Å². The zero-order valence-corrected chi connectivity index (χ0v) is 14.1. The molecule has 0 bridgehead atoms. The third-order valence-corrected chi connectivity index (χ3v) is 4.25. The van der Waals surface area contributed by atoms with Crippen LogP contribution in [0.1, 0.15) is 47.1 Å². The number of rotatable bonds is 6. The molecule has 0 aliphatic heterocycles. The average Bonchev–Trinajstić information content (AvgIpc) is 2.97. The number of imidazole rings is 1. The van der Waals surface area contributed by atoms with Crippen molar-refractivity contribution in [2.24, 2.45) is 0 Å². The normalized spacial score (nSPS) is 10.7. The van der Waals surface area contributed by atoms with Gasteiger partial charge in [0.2, 0.25) is 0 Å². The highest BCUT2D eigenvalue weighted by molar-refractivity contribution is 5.92. The second-order valence-electron chi connectivity index (χ2n) is 6.04. The summed E-state index contributed by atoms with van der Waals surface area (Å²) in [7, 11) is 0. The number of aromatic carboxylic acids is 1. The van der Waals surface area contributed by atoms with Gasteiger partial charge in [0.25, 0.3) is 0 Å². The minimum absolute atomic E-state index is 0.260. The van der Waals surface area contributed by atoms with Crippen LogP contribution in [0.25, 0.3) is 11.0 Å². The van der Waals surface area contributed by atoms with Crippen molar-refractivity contribution in [1.82, 2.24) is 9.55 Å². The minimum atomic E-state index is -0.942. The summed E-state index contributed by atoms with van der Waals surface area (Å²) in [6.07, 6.45) is 2.95. The summed E-state index contributed by atoms with van der Waals surface area (Å²) in [4.78, 5) is 16.0. The predicted octanol–water partition coefficient (Wildman–Crippen LogP) is 4.00. The first-order valence-electron chi connectivity index (χ1n) is 8.34. The maximum Gasteiger partial charge on any atom is 0.335 e. The zero-order valence-electron chi connectivity index (χ0n) is 14.1. The zero-order chi connectivity index (χ0) is 17.8. The van der Waals surface area contributed by atoms with Gasteiger partial charge in [0, 0.05) is 13.0 Å². The number of hydrogen-bond donors (Lipinski definition) is 1. The molecule has 5 heteroatoms. The van der Waals surface area contributed by atoms with E-state index in [0.717, 1.165) is 41.7 Å². The van der Waals surface area contributed by atoms with E-state index in [-0.39, 0.29) is 5.56 Å². The lowest BCUT2D eigenvalue weighted by molar-refractivity contribution is 0.0697. The number of aromatic nitrogens is 2. The molecular formula is C20H19N3O2. The van der Waals surface area contributed by atoms with Crippen LogP contribution in [0.4, 0.5) is 0 Å². The Morgan fingerprint density at radius 2 is 2.00 bits per heavy atom. The standard InChI is InChI=1S/C20H19N3O2/c1-2-3-4-19-22-17-10-9-16(20(24)25)11-18(17)23(19)13-15-7-5-14(12-21)6-8-15/h5-11H,2-4,13H2,1H3,(H,24,25). The SMILES string of the molecule is CCCCc1nc2ccc(C(=O)O)cc2n1Cc1ccc(C#N)cc1. The molecule has 0 spiro atoms. The topological polar surface area (TPSA) is 78.9 Å². The molecular weight excluding hydrogens is 314 g/mol. The molecule has 0 saturated heterocycles. The summed E-state index contributed by atoms with van der Waals surface area (Å²) < 4.78 is 2.08. The Balaban J connectivity index is 2.06. The van der Waals surface area contributed by atoms with Crippen molar-refractivity contribution in [2.75, 3.05) is 0 Å². The summed E-state index contributed by atoms with van der Waals surface area (Å²) in [6.45, 7) is 2.74. The second kappa shape index (κ2) is 7.18. The van der Waals surface area contributed by atoms with E-state index in [1.54, 1.807) is 30.3 Å². The van der Waals surface area contributed by atoms with Crippen molar-refractivity contribution in [3.05, 3.63) is 65.0 Å². The number of aryl methyl sites for hydroxylation is 1. The highest BCUT2D eigenvalue weighted by Gasteiger charge is 2.13. The van der Waals surface area contributed by atoms with E-state index < -0.39 is 5.97 Å². The molecule has 0 saturated carbocycles. The molecule has 126 valence electrons. The van der Waals surface area contributed by atoms with Gasteiger partial charge < -0.3 is 9.67 Å². The van der Waals surface area contributed by atoms with Gasteiger partial charge >= 0.3 is 5.97 Å². The fourth-order valence-corrected chi connectivity index (χ4v) is 2.88. The van der Waals surface area contributed by atoms with E-state index in [1.807, 2.05) is 12.1 Å². The van der Waals surface area contributed by atoms with Gasteiger partial charge in [-0.1, -0.05) is 25.5 Å². The summed E-state index contributed by atoms with van der Waals surface area (Å²) in [5, 5.41) is 18.2. The van der Waals surface area contributed by atoms with Crippen LogP contribution in [0.2, 0.25) is 0 Å². The smallest absolute Gasteiger partial charge is 0.335 e. The molecule has 0 unspecified atom stereocenters. The van der Waals surface area contributed by atoms with E-state index in [2.05, 4.69) is 17.6 Å². The Morgan fingerprint density at radius 3 is 2.64 bits per heavy atom. The van der Waals surface area contributed by atoms with E-state index in [9.17, 15) is 9.90 Å². The van der Waals surface area contributed by atoms with Gasteiger partial charge in [0.1, 0.15) is 5.82 Å². The molecule has 0 atom stereocenters. The summed E-state index contributed by atoms with van der Waals surface area (Å²) in [5.41, 5.74) is 3.58. The lowest BCUT2D eigenvalue weighted by atomic mass is 10.1. The quantitative estimate of drug-likeness (QED) is 0.739. The van der Waals surface area contributed by atoms with Gasteiger partial charge in [-0.15, -0.1) is 0 Å². The summed E-state index contributed by atoms with van der Waals surface area (Å²) in [6, 6.07) is 14.6. The number of hydrogen-bond acceptors (Lipinski definition) is 3. The fourth-order valence-electron chi connectivity index (χ4n) is 2.88. The first-order chi connectivity index (χ1) is 12.1. The van der Waals surface area contributed by atoms with Gasteiger partial charge in [-0.3, -0.25) is 0 Å². The van der Waals surface area contributed by atoms with Crippen molar-refractivity contribution in [2.45, 2.75) is 32.7 Å². The second-order valence-corrected chi connectivity index (χ2v) is 6.04. The Hall–Kier alpha value is -3.13. The van der Waals surface area contributed by atoms with Crippen molar-refractivity contribution in [3.8, 4) is 6.07 Å². The van der Waals surface area contributed by atoms with Crippen molar-refractivity contribution in [3.63, 3.8) is 0 Å². The average molecular weight is 333 g/mol. The molecule has 1 heterocycles. The number of unbranched alkanes of at least 4 members (excludes halogenated alkanes) is 1. The highest BCUT2D eigenvalue weighted by Crippen LogP contribution is 2.21. The first-order valence-corrected chi connectivity index (χ1v) is 8.34. The number of carboxylic acid groups (broad SMARTS) is 1.